The molecule has 27 heavy (non-hydrogen) atoms. The van der Waals surface area contributed by atoms with Crippen LogP contribution in [0.5, 0.6) is 5.75 Å². The van der Waals surface area contributed by atoms with Crippen LogP contribution in [0.3, 0.4) is 0 Å². The van der Waals surface area contributed by atoms with E-state index in [2.05, 4.69) is 10.3 Å². The van der Waals surface area contributed by atoms with Gasteiger partial charge in [0, 0.05) is 30.5 Å². The van der Waals surface area contributed by atoms with Crippen molar-refractivity contribution in [2.45, 2.75) is 26.0 Å². The molecule has 0 aliphatic heterocycles. The van der Waals surface area contributed by atoms with Crippen molar-refractivity contribution in [3.8, 4) is 5.75 Å². The molecule has 3 rings (SSSR count). The van der Waals surface area contributed by atoms with Gasteiger partial charge in [-0.15, -0.1) is 24.8 Å². The van der Waals surface area contributed by atoms with E-state index < -0.39 is 0 Å². The van der Waals surface area contributed by atoms with Gasteiger partial charge in [0.05, 0.1) is 5.69 Å². The SMILES string of the molecule is CC(N)CCNC(=O)c1cccc(OCc2cn3ccccc3n2)c1.Cl.Cl. The quantitative estimate of drug-likeness (QED) is 0.626. The predicted molar refractivity (Wildman–Crippen MR) is 111 cm³/mol. The number of fused-ring (bicyclic) bond motifs is 1. The fourth-order valence-corrected chi connectivity index (χ4v) is 2.46. The monoisotopic (exact) mass is 410 g/mol. The summed E-state index contributed by atoms with van der Waals surface area (Å²) in [6.07, 6.45) is 4.62. The maximum Gasteiger partial charge on any atom is 0.251 e. The summed E-state index contributed by atoms with van der Waals surface area (Å²) >= 11 is 0. The third-order valence-electron chi connectivity index (χ3n) is 3.78. The number of hydrogen-bond acceptors (Lipinski definition) is 4. The molecule has 0 bridgehead atoms. The predicted octanol–water partition coefficient (Wildman–Crippen LogP) is 3.22. The van der Waals surface area contributed by atoms with Crippen LogP contribution in [0.25, 0.3) is 5.65 Å². The molecule has 1 atom stereocenters. The molecule has 3 N–H and O–H groups in total. The molecule has 6 nitrogen and oxygen atoms in total. The van der Waals surface area contributed by atoms with Crippen molar-refractivity contribution in [3.05, 3.63) is 66.1 Å². The van der Waals surface area contributed by atoms with E-state index in [9.17, 15) is 4.79 Å². The van der Waals surface area contributed by atoms with Crippen LogP contribution < -0.4 is 15.8 Å². The second-order valence-corrected chi connectivity index (χ2v) is 6.04. The van der Waals surface area contributed by atoms with Crippen molar-refractivity contribution < 1.29 is 9.53 Å². The van der Waals surface area contributed by atoms with E-state index in [-0.39, 0.29) is 36.8 Å². The number of rotatable bonds is 7. The fraction of sp³-hybridized carbons (Fsp3) is 0.263. The Labute approximate surface area is 170 Å². The summed E-state index contributed by atoms with van der Waals surface area (Å²) < 4.78 is 7.72. The van der Waals surface area contributed by atoms with E-state index in [1.807, 2.05) is 48.0 Å². The van der Waals surface area contributed by atoms with E-state index >= 15 is 0 Å². The number of amides is 1. The van der Waals surface area contributed by atoms with Crippen LogP contribution in [-0.4, -0.2) is 27.9 Å². The molecule has 0 saturated heterocycles. The first-order valence-electron chi connectivity index (χ1n) is 8.31. The first-order valence-corrected chi connectivity index (χ1v) is 8.31. The van der Waals surface area contributed by atoms with Gasteiger partial charge in [-0.3, -0.25) is 4.79 Å². The van der Waals surface area contributed by atoms with E-state index in [1.165, 1.54) is 0 Å². The van der Waals surface area contributed by atoms with E-state index in [0.29, 0.717) is 24.5 Å². The Morgan fingerprint density at radius 2 is 2.07 bits per heavy atom. The molecular weight excluding hydrogens is 387 g/mol. The third-order valence-corrected chi connectivity index (χ3v) is 3.78. The number of nitrogens with one attached hydrogen (secondary N) is 1. The number of ether oxygens (including phenoxy) is 1. The average molecular weight is 411 g/mol. The van der Waals surface area contributed by atoms with Gasteiger partial charge in [-0.2, -0.15) is 0 Å². The highest BCUT2D eigenvalue weighted by Crippen LogP contribution is 2.15. The molecular formula is C19H24Cl2N4O2. The number of hydrogen-bond donors (Lipinski definition) is 2. The van der Waals surface area contributed by atoms with Crippen LogP contribution in [0.4, 0.5) is 0 Å². The second-order valence-electron chi connectivity index (χ2n) is 6.04. The zero-order valence-electron chi connectivity index (χ0n) is 15.0. The van der Waals surface area contributed by atoms with Crippen LogP contribution in [0, 0.1) is 0 Å². The molecule has 0 radical (unpaired) electrons. The number of nitrogens with two attached hydrogens (primary N) is 1. The van der Waals surface area contributed by atoms with Crippen LogP contribution in [0.1, 0.15) is 29.4 Å². The number of carbonyl (C=O) groups excluding carboxylic acids is 1. The highest BCUT2D eigenvalue weighted by atomic mass is 35.5. The first-order chi connectivity index (χ1) is 12.1. The fourth-order valence-electron chi connectivity index (χ4n) is 2.46. The Bertz CT molecular complexity index is 835. The number of pyridine rings is 1. The van der Waals surface area contributed by atoms with Crippen LogP contribution in [0.15, 0.2) is 54.9 Å². The summed E-state index contributed by atoms with van der Waals surface area (Å²) in [5.41, 5.74) is 7.96. The van der Waals surface area contributed by atoms with Crippen molar-refractivity contribution in [2.75, 3.05) is 6.54 Å². The molecule has 1 amide bonds. The standard InChI is InChI=1S/C19H22N4O2.2ClH/c1-14(20)8-9-21-19(24)15-5-4-6-17(11-15)25-13-16-12-23-10-3-2-7-18(23)22-16;;/h2-7,10-12,14H,8-9,13,20H2,1H3,(H,21,24);2*1H. The highest BCUT2D eigenvalue weighted by molar-refractivity contribution is 5.94. The molecule has 0 aliphatic carbocycles. The smallest absolute Gasteiger partial charge is 0.251 e. The molecule has 1 aromatic carbocycles. The van der Waals surface area contributed by atoms with Crippen molar-refractivity contribution >= 4 is 36.4 Å². The second kappa shape index (κ2) is 10.8. The Balaban J connectivity index is 0.00000182. The van der Waals surface area contributed by atoms with Gasteiger partial charge in [-0.05, 0) is 43.7 Å². The summed E-state index contributed by atoms with van der Waals surface area (Å²) in [5, 5.41) is 2.86. The zero-order valence-corrected chi connectivity index (χ0v) is 16.6. The first kappa shape index (κ1) is 22.8. The number of carbonyl (C=O) groups is 1. The van der Waals surface area contributed by atoms with Crippen molar-refractivity contribution in [1.29, 1.82) is 0 Å². The maximum atomic E-state index is 12.1. The van der Waals surface area contributed by atoms with Crippen LogP contribution in [0.2, 0.25) is 0 Å². The highest BCUT2D eigenvalue weighted by Gasteiger charge is 2.08. The minimum atomic E-state index is -0.126. The topological polar surface area (TPSA) is 81.6 Å². The molecule has 0 saturated carbocycles. The van der Waals surface area contributed by atoms with Crippen molar-refractivity contribution in [2.24, 2.45) is 5.73 Å². The molecule has 2 heterocycles. The Kier molecular flexibility index (Phi) is 9.08. The number of aromatic nitrogens is 2. The van der Waals surface area contributed by atoms with E-state index in [0.717, 1.165) is 17.8 Å². The normalized spacial score (nSPS) is 11.2. The molecule has 0 spiro atoms. The molecule has 0 aliphatic rings. The molecule has 8 heteroatoms. The molecule has 0 fully saturated rings. The maximum absolute atomic E-state index is 12.1. The summed E-state index contributed by atoms with van der Waals surface area (Å²) in [7, 11) is 0. The lowest BCUT2D eigenvalue weighted by molar-refractivity contribution is 0.0952. The molecule has 1 unspecified atom stereocenters. The van der Waals surface area contributed by atoms with Gasteiger partial charge < -0.3 is 20.2 Å². The van der Waals surface area contributed by atoms with Crippen LogP contribution in [-0.2, 0) is 6.61 Å². The van der Waals surface area contributed by atoms with Gasteiger partial charge >= 0.3 is 0 Å². The summed E-state index contributed by atoms with van der Waals surface area (Å²) in [6.45, 7) is 2.82. The Morgan fingerprint density at radius 1 is 1.26 bits per heavy atom. The lowest BCUT2D eigenvalue weighted by Crippen LogP contribution is -2.28. The van der Waals surface area contributed by atoms with Crippen molar-refractivity contribution in [3.63, 3.8) is 0 Å². The average Bonchev–Trinajstić information content (AvgIpc) is 3.03. The molecule has 146 valence electrons. The van der Waals surface area contributed by atoms with Gasteiger partial charge in [0.15, 0.2) is 0 Å². The number of benzene rings is 1. The summed E-state index contributed by atoms with van der Waals surface area (Å²) in [4.78, 5) is 16.6. The largest absolute Gasteiger partial charge is 0.487 e. The zero-order chi connectivity index (χ0) is 17.6. The van der Waals surface area contributed by atoms with Gasteiger partial charge in [0.2, 0.25) is 0 Å². The number of nitrogens with zero attached hydrogens (tertiary/aromatic N) is 2. The Morgan fingerprint density at radius 3 is 2.81 bits per heavy atom. The van der Waals surface area contributed by atoms with Gasteiger partial charge in [0.1, 0.15) is 18.0 Å². The van der Waals surface area contributed by atoms with Gasteiger partial charge in [-0.25, -0.2) is 4.98 Å². The lowest BCUT2D eigenvalue weighted by Gasteiger charge is -2.09. The molecule has 3 aromatic rings. The minimum Gasteiger partial charge on any atom is -0.487 e. The van der Waals surface area contributed by atoms with E-state index in [1.54, 1.807) is 18.2 Å². The molecule has 2 aromatic heterocycles. The van der Waals surface area contributed by atoms with Gasteiger partial charge in [-0.1, -0.05) is 12.1 Å². The van der Waals surface area contributed by atoms with Gasteiger partial charge in [0.25, 0.3) is 5.91 Å². The summed E-state index contributed by atoms with van der Waals surface area (Å²) in [6, 6.07) is 13.0. The van der Waals surface area contributed by atoms with Crippen molar-refractivity contribution in [1.82, 2.24) is 14.7 Å². The third kappa shape index (κ3) is 6.43. The lowest BCUT2D eigenvalue weighted by atomic mass is 10.2. The summed E-state index contributed by atoms with van der Waals surface area (Å²) in [5.74, 6) is 0.510. The minimum absolute atomic E-state index is 0. The number of halogens is 2. The van der Waals surface area contributed by atoms with E-state index in [4.69, 9.17) is 10.5 Å². The van der Waals surface area contributed by atoms with Crippen LogP contribution >= 0.6 is 24.8 Å². The number of imidazole rings is 1. The Hall–Kier alpha value is -2.28.